The second-order valence-electron chi connectivity index (χ2n) is 13.5. The summed E-state index contributed by atoms with van der Waals surface area (Å²) >= 11 is 0. The van der Waals surface area contributed by atoms with Gasteiger partial charge in [0.05, 0.1) is 19.2 Å². The number of hydrogen-bond acceptors (Lipinski definition) is 7. The fraction of sp³-hybridized carbons (Fsp3) is 0.250. The summed E-state index contributed by atoms with van der Waals surface area (Å²) in [5.41, 5.74) is 3.63. The Hall–Kier alpha value is -5.48. The van der Waals surface area contributed by atoms with Crippen LogP contribution in [0, 0.1) is 19.3 Å². The van der Waals surface area contributed by atoms with Crippen molar-refractivity contribution in [2.75, 3.05) is 11.9 Å². The Morgan fingerprint density at radius 3 is 2.35 bits per heavy atom. The van der Waals surface area contributed by atoms with Gasteiger partial charge in [0.15, 0.2) is 0 Å². The Morgan fingerprint density at radius 1 is 1.02 bits per heavy atom. The summed E-state index contributed by atoms with van der Waals surface area (Å²) in [5, 5.41) is 8.33. The zero-order valence-corrected chi connectivity index (χ0v) is 30.3. The summed E-state index contributed by atoms with van der Waals surface area (Å²) in [6.07, 6.45) is 3.85. The van der Waals surface area contributed by atoms with Gasteiger partial charge in [0.1, 0.15) is 24.1 Å². The summed E-state index contributed by atoms with van der Waals surface area (Å²) in [4.78, 5) is 22.3. The number of benzene rings is 3. The van der Waals surface area contributed by atoms with E-state index in [4.69, 9.17) is 20.1 Å². The molecule has 0 bridgehead atoms. The van der Waals surface area contributed by atoms with Gasteiger partial charge < -0.3 is 19.0 Å². The van der Waals surface area contributed by atoms with E-state index in [-0.39, 0.29) is 30.7 Å². The third kappa shape index (κ3) is 7.57. The number of fused-ring (bicyclic) bond motifs is 1. The first kappa shape index (κ1) is 36.3. The summed E-state index contributed by atoms with van der Waals surface area (Å²) in [6, 6.07) is 28.2. The average molecular weight is 720 g/mol. The first-order chi connectivity index (χ1) is 25.0. The van der Waals surface area contributed by atoms with Crippen LogP contribution < -0.4 is 15.7 Å². The number of anilines is 1. The molecule has 3 aromatic carbocycles. The summed E-state index contributed by atoms with van der Waals surface area (Å²) in [6.45, 7) is 8.48. The van der Waals surface area contributed by atoms with Crippen molar-refractivity contribution in [3.63, 3.8) is 0 Å². The van der Waals surface area contributed by atoms with Crippen molar-refractivity contribution in [2.45, 2.75) is 58.3 Å². The molecule has 0 aliphatic carbocycles. The van der Waals surface area contributed by atoms with E-state index in [9.17, 15) is 13.6 Å². The highest BCUT2D eigenvalue weighted by Gasteiger charge is 2.52. The van der Waals surface area contributed by atoms with Gasteiger partial charge in [0.25, 0.3) is 20.7 Å². The molecule has 3 heterocycles. The van der Waals surface area contributed by atoms with Crippen LogP contribution in [0.15, 0.2) is 108 Å². The predicted octanol–water partition coefficient (Wildman–Crippen LogP) is 6.85. The molecule has 9 nitrogen and oxygen atoms in total. The lowest BCUT2D eigenvalue weighted by Crippen LogP contribution is -2.68. The zero-order valence-electron chi connectivity index (χ0n) is 29.3. The molecule has 266 valence electrons. The minimum atomic E-state index is -3.29. The molecule has 3 aromatic heterocycles. The van der Waals surface area contributed by atoms with Crippen molar-refractivity contribution in [2.24, 2.45) is 0 Å². The Morgan fingerprint density at radius 2 is 1.71 bits per heavy atom. The molecule has 0 aliphatic heterocycles. The number of nitrogens with one attached hydrogen (secondary N) is 1. The molecule has 0 fully saturated rings. The number of hydrogen-bond donors (Lipinski definition) is 1. The molecule has 1 N–H and O–H groups in total. The minimum Gasteiger partial charge on any atom is -0.398 e. The van der Waals surface area contributed by atoms with Crippen LogP contribution in [0.1, 0.15) is 48.3 Å². The second kappa shape index (κ2) is 15.4. The van der Waals surface area contributed by atoms with E-state index in [1.54, 1.807) is 22.7 Å². The van der Waals surface area contributed by atoms with Crippen molar-refractivity contribution in [1.82, 2.24) is 19.5 Å². The molecule has 1 amide bonds. The zero-order chi connectivity index (χ0) is 36.9. The lowest BCUT2D eigenvalue weighted by atomic mass is 10.1. The smallest absolute Gasteiger partial charge is 0.274 e. The molecule has 6 rings (SSSR count). The number of carbonyl (C=O) groups is 1. The van der Waals surface area contributed by atoms with E-state index in [0.717, 1.165) is 21.5 Å². The number of ether oxygens (including phenoxy) is 1. The van der Waals surface area contributed by atoms with Crippen LogP contribution >= 0.6 is 0 Å². The van der Waals surface area contributed by atoms with Gasteiger partial charge in [-0.05, 0) is 51.7 Å². The maximum atomic E-state index is 14.9. The number of halogens is 2. The van der Waals surface area contributed by atoms with E-state index in [1.807, 2.05) is 107 Å². The highest BCUT2D eigenvalue weighted by Crippen LogP contribution is 2.38. The SMILES string of the molecule is C#CCOCc1ccn2c(C(=O)Nc3cc(-c4noc(C[C@H](O[Si](c5ccccc5)(c5ccccc5)C(C)(C)C)C(F)F)n4)ccc3C)cnc2c1. The lowest BCUT2D eigenvalue weighted by Gasteiger charge is -2.44. The molecule has 52 heavy (non-hydrogen) atoms. The maximum Gasteiger partial charge on any atom is 0.274 e. The molecule has 0 saturated heterocycles. The number of aromatic nitrogens is 4. The Kier molecular flexibility index (Phi) is 10.8. The minimum absolute atomic E-state index is 0.0131. The number of imidazole rings is 1. The van der Waals surface area contributed by atoms with E-state index >= 15 is 0 Å². The predicted molar refractivity (Wildman–Crippen MR) is 198 cm³/mol. The van der Waals surface area contributed by atoms with Gasteiger partial charge in [0, 0.05) is 17.4 Å². The van der Waals surface area contributed by atoms with Gasteiger partial charge >= 0.3 is 0 Å². The first-order valence-electron chi connectivity index (χ1n) is 16.8. The van der Waals surface area contributed by atoms with Crippen LogP contribution in [-0.2, 0) is 22.2 Å². The number of nitrogens with zero attached hydrogens (tertiary/aromatic N) is 4. The number of aryl methyl sites for hydroxylation is 1. The largest absolute Gasteiger partial charge is 0.398 e. The highest BCUT2D eigenvalue weighted by molar-refractivity contribution is 6.99. The molecule has 0 spiro atoms. The van der Waals surface area contributed by atoms with E-state index in [2.05, 4.69) is 26.4 Å². The number of rotatable bonds is 13. The molecular weight excluding hydrogens is 681 g/mol. The van der Waals surface area contributed by atoms with Crippen molar-refractivity contribution in [3.05, 3.63) is 126 Å². The normalized spacial score (nSPS) is 12.6. The molecule has 0 radical (unpaired) electrons. The van der Waals surface area contributed by atoms with Crippen molar-refractivity contribution < 1.29 is 27.3 Å². The topological polar surface area (TPSA) is 104 Å². The second-order valence-corrected chi connectivity index (χ2v) is 17.7. The third-order valence-corrected chi connectivity index (χ3v) is 13.9. The van der Waals surface area contributed by atoms with Crippen LogP contribution in [0.25, 0.3) is 17.0 Å². The summed E-state index contributed by atoms with van der Waals surface area (Å²) in [7, 11) is -3.29. The van der Waals surface area contributed by atoms with E-state index in [1.165, 1.54) is 6.20 Å². The van der Waals surface area contributed by atoms with E-state index in [0.29, 0.717) is 29.2 Å². The van der Waals surface area contributed by atoms with Crippen molar-refractivity contribution in [3.8, 4) is 23.7 Å². The van der Waals surface area contributed by atoms with Crippen LogP contribution in [0.5, 0.6) is 0 Å². The highest BCUT2D eigenvalue weighted by atomic mass is 28.4. The summed E-state index contributed by atoms with van der Waals surface area (Å²) < 4.78 is 49.2. The average Bonchev–Trinajstić information content (AvgIpc) is 3.78. The van der Waals surface area contributed by atoms with Gasteiger partial charge in [-0.15, -0.1) is 6.42 Å². The molecule has 0 unspecified atom stereocenters. The lowest BCUT2D eigenvalue weighted by molar-refractivity contribution is 0.00243. The Balaban J connectivity index is 1.23. The number of terminal acetylenes is 1. The Bertz CT molecular complexity index is 2150. The van der Waals surface area contributed by atoms with Gasteiger partial charge in [-0.2, -0.15) is 4.98 Å². The molecular formula is C40H39F2N5O4Si. The first-order valence-corrected chi connectivity index (χ1v) is 18.7. The van der Waals surface area contributed by atoms with Crippen LogP contribution in [0.3, 0.4) is 0 Å². The Labute approximate surface area is 302 Å². The standard InChI is InChI=1S/C40H39F2N5O4Si/c1-6-21-49-26-28-19-20-47-33(25-43-35(47)22-28)39(48)44-32-23-29(18-17-27(32)2)38-45-36(50-46-38)24-34(37(41)42)51-52(40(3,4)5,30-13-9-7-10-14-30)31-15-11-8-12-16-31/h1,7-20,22-23,25,34,37H,21,24,26H2,2-5H3,(H,44,48)/t34-/m0/s1. The molecule has 12 heteroatoms. The molecule has 0 aliphatic rings. The van der Waals surface area contributed by atoms with Gasteiger partial charge in [-0.3, -0.25) is 9.20 Å². The quantitative estimate of drug-likeness (QED) is 0.0792. The fourth-order valence-corrected chi connectivity index (χ4v) is 11.0. The van der Waals surface area contributed by atoms with Crippen molar-refractivity contribution >= 4 is 35.9 Å². The monoisotopic (exact) mass is 719 g/mol. The number of alkyl halides is 2. The van der Waals surface area contributed by atoms with Gasteiger partial charge in [-0.25, -0.2) is 13.8 Å². The molecule has 0 saturated carbocycles. The third-order valence-electron chi connectivity index (χ3n) is 8.88. The number of amides is 1. The van der Waals surface area contributed by atoms with Crippen LogP contribution in [0.2, 0.25) is 5.04 Å². The summed E-state index contributed by atoms with van der Waals surface area (Å²) in [5.74, 6) is 2.26. The maximum absolute atomic E-state index is 14.9. The van der Waals surface area contributed by atoms with Gasteiger partial charge in [0.2, 0.25) is 11.7 Å². The van der Waals surface area contributed by atoms with Gasteiger partial charge in [-0.1, -0.05) is 105 Å². The van der Waals surface area contributed by atoms with Crippen molar-refractivity contribution in [1.29, 1.82) is 0 Å². The molecule has 6 aromatic rings. The fourth-order valence-electron chi connectivity index (χ4n) is 6.32. The van der Waals surface area contributed by atoms with Crippen LogP contribution in [0.4, 0.5) is 14.5 Å². The van der Waals surface area contributed by atoms with E-state index < -0.39 is 25.9 Å². The number of pyridine rings is 1. The molecule has 1 atom stereocenters. The number of carbonyl (C=O) groups excluding carboxylic acids is 1. The van der Waals surface area contributed by atoms with Crippen LogP contribution in [-0.4, -0.2) is 52.9 Å².